The standard InChI is InChI=1S/C14H14F3N3O2/c15-10-3-1-2-9(6-10)11(21)7-14(22)18-13-4-5-20(19-13)8-12(16)17/h1-6,11-12,21H,7-8H2,(H,18,19,22). The molecule has 0 aliphatic carbocycles. The number of alkyl halides is 2. The third kappa shape index (κ3) is 4.59. The molecule has 0 aliphatic heterocycles. The lowest BCUT2D eigenvalue weighted by atomic mass is 10.1. The van der Waals surface area contributed by atoms with Gasteiger partial charge < -0.3 is 10.4 Å². The van der Waals surface area contributed by atoms with Gasteiger partial charge in [-0.15, -0.1) is 0 Å². The highest BCUT2D eigenvalue weighted by Gasteiger charge is 2.15. The number of nitrogens with zero attached hydrogens (tertiary/aromatic N) is 2. The first-order chi connectivity index (χ1) is 10.4. The Balaban J connectivity index is 1.91. The Kier molecular flexibility index (Phi) is 5.16. The van der Waals surface area contributed by atoms with Gasteiger partial charge in [-0.3, -0.25) is 9.48 Å². The van der Waals surface area contributed by atoms with Crippen LogP contribution in [0.5, 0.6) is 0 Å². The van der Waals surface area contributed by atoms with Crippen LogP contribution in [0.25, 0.3) is 0 Å². The highest BCUT2D eigenvalue weighted by atomic mass is 19.3. The molecule has 22 heavy (non-hydrogen) atoms. The molecule has 0 bridgehead atoms. The Bertz CT molecular complexity index is 646. The minimum Gasteiger partial charge on any atom is -0.388 e. The molecule has 118 valence electrons. The van der Waals surface area contributed by atoms with Gasteiger partial charge in [0.2, 0.25) is 5.91 Å². The first kappa shape index (κ1) is 16.0. The molecule has 0 fully saturated rings. The van der Waals surface area contributed by atoms with E-state index < -0.39 is 30.8 Å². The summed E-state index contributed by atoms with van der Waals surface area (Å²) >= 11 is 0. The van der Waals surface area contributed by atoms with Crippen molar-refractivity contribution in [3.8, 4) is 0 Å². The average Bonchev–Trinajstić information content (AvgIpc) is 2.84. The van der Waals surface area contributed by atoms with E-state index >= 15 is 0 Å². The molecule has 1 amide bonds. The van der Waals surface area contributed by atoms with Gasteiger partial charge in [0.25, 0.3) is 6.43 Å². The van der Waals surface area contributed by atoms with E-state index in [4.69, 9.17) is 0 Å². The van der Waals surface area contributed by atoms with Gasteiger partial charge in [0.1, 0.15) is 12.4 Å². The summed E-state index contributed by atoms with van der Waals surface area (Å²) in [4.78, 5) is 11.8. The number of carbonyl (C=O) groups excluding carboxylic acids is 1. The molecular formula is C14H14F3N3O2. The summed E-state index contributed by atoms with van der Waals surface area (Å²) in [6.45, 7) is -0.568. The van der Waals surface area contributed by atoms with Gasteiger partial charge in [0, 0.05) is 12.3 Å². The highest BCUT2D eigenvalue weighted by Crippen LogP contribution is 2.18. The van der Waals surface area contributed by atoms with Crippen LogP contribution in [0.15, 0.2) is 36.5 Å². The van der Waals surface area contributed by atoms with Gasteiger partial charge in [-0.2, -0.15) is 5.10 Å². The van der Waals surface area contributed by atoms with Crippen molar-refractivity contribution >= 4 is 11.7 Å². The number of aliphatic hydroxyl groups excluding tert-OH is 1. The number of anilines is 1. The summed E-state index contributed by atoms with van der Waals surface area (Å²) < 4.78 is 38.4. The minimum atomic E-state index is -2.54. The van der Waals surface area contributed by atoms with Gasteiger partial charge in [-0.1, -0.05) is 12.1 Å². The van der Waals surface area contributed by atoms with E-state index in [1.165, 1.54) is 30.5 Å². The van der Waals surface area contributed by atoms with Crippen molar-refractivity contribution in [2.45, 2.75) is 25.5 Å². The van der Waals surface area contributed by atoms with E-state index in [0.29, 0.717) is 0 Å². The van der Waals surface area contributed by atoms with Crippen LogP contribution in [-0.4, -0.2) is 27.2 Å². The largest absolute Gasteiger partial charge is 0.388 e. The molecule has 8 heteroatoms. The highest BCUT2D eigenvalue weighted by molar-refractivity contribution is 5.90. The normalized spacial score (nSPS) is 12.4. The second kappa shape index (κ2) is 7.08. The summed E-state index contributed by atoms with van der Waals surface area (Å²) in [6.07, 6.45) is -2.70. The second-order valence-electron chi connectivity index (χ2n) is 4.64. The summed E-state index contributed by atoms with van der Waals surface area (Å²) in [6, 6.07) is 6.66. The average molecular weight is 313 g/mol. The zero-order valence-corrected chi connectivity index (χ0v) is 11.4. The van der Waals surface area contributed by atoms with E-state index in [0.717, 1.165) is 10.7 Å². The Morgan fingerprint density at radius 2 is 2.14 bits per heavy atom. The first-order valence-corrected chi connectivity index (χ1v) is 6.49. The predicted octanol–water partition coefficient (Wildman–Crippen LogP) is 2.35. The van der Waals surface area contributed by atoms with Crippen LogP contribution in [0.1, 0.15) is 18.1 Å². The number of carbonyl (C=O) groups is 1. The Morgan fingerprint density at radius 1 is 1.36 bits per heavy atom. The van der Waals surface area contributed by atoms with E-state index in [1.54, 1.807) is 0 Å². The number of hydrogen-bond acceptors (Lipinski definition) is 3. The molecule has 0 saturated carbocycles. The van der Waals surface area contributed by atoms with Gasteiger partial charge in [0.05, 0.1) is 12.5 Å². The van der Waals surface area contributed by atoms with Crippen LogP contribution in [0.3, 0.4) is 0 Å². The van der Waals surface area contributed by atoms with Crippen LogP contribution in [0.4, 0.5) is 19.0 Å². The quantitative estimate of drug-likeness (QED) is 0.860. The fourth-order valence-corrected chi connectivity index (χ4v) is 1.87. The zero-order valence-electron chi connectivity index (χ0n) is 11.4. The van der Waals surface area contributed by atoms with Crippen molar-refractivity contribution in [2.75, 3.05) is 5.32 Å². The van der Waals surface area contributed by atoms with E-state index in [-0.39, 0.29) is 17.8 Å². The van der Waals surface area contributed by atoms with Gasteiger partial charge in [0.15, 0.2) is 5.82 Å². The minimum absolute atomic E-state index is 0.108. The monoisotopic (exact) mass is 313 g/mol. The van der Waals surface area contributed by atoms with Crippen molar-refractivity contribution in [1.29, 1.82) is 0 Å². The molecule has 0 saturated heterocycles. The Morgan fingerprint density at radius 3 is 2.82 bits per heavy atom. The first-order valence-electron chi connectivity index (χ1n) is 6.49. The predicted molar refractivity (Wildman–Crippen MR) is 72.8 cm³/mol. The summed E-state index contributed by atoms with van der Waals surface area (Å²) in [5, 5.41) is 16.0. The van der Waals surface area contributed by atoms with Crippen molar-refractivity contribution in [3.63, 3.8) is 0 Å². The van der Waals surface area contributed by atoms with Crippen LogP contribution in [0, 0.1) is 5.82 Å². The number of amides is 1. The molecule has 1 aromatic heterocycles. The van der Waals surface area contributed by atoms with Crippen molar-refractivity contribution < 1.29 is 23.1 Å². The fraction of sp³-hybridized carbons (Fsp3) is 0.286. The maximum absolute atomic E-state index is 13.0. The van der Waals surface area contributed by atoms with Crippen LogP contribution < -0.4 is 5.32 Å². The zero-order chi connectivity index (χ0) is 16.1. The molecule has 5 nitrogen and oxygen atoms in total. The Labute approximate surface area is 124 Å². The smallest absolute Gasteiger partial charge is 0.257 e. The lowest BCUT2D eigenvalue weighted by Crippen LogP contribution is -2.16. The van der Waals surface area contributed by atoms with Crippen LogP contribution in [-0.2, 0) is 11.3 Å². The molecule has 0 radical (unpaired) electrons. The number of halogens is 3. The third-order valence-corrected chi connectivity index (χ3v) is 2.85. The number of rotatable bonds is 6. The van der Waals surface area contributed by atoms with E-state index in [9.17, 15) is 23.1 Å². The molecule has 0 spiro atoms. The number of hydrogen-bond donors (Lipinski definition) is 2. The van der Waals surface area contributed by atoms with Crippen LogP contribution in [0.2, 0.25) is 0 Å². The number of aliphatic hydroxyl groups is 1. The number of benzene rings is 1. The molecule has 1 atom stereocenters. The fourth-order valence-electron chi connectivity index (χ4n) is 1.87. The molecule has 0 aliphatic rings. The molecule has 2 rings (SSSR count). The van der Waals surface area contributed by atoms with Gasteiger partial charge >= 0.3 is 0 Å². The van der Waals surface area contributed by atoms with Gasteiger partial charge in [-0.25, -0.2) is 13.2 Å². The van der Waals surface area contributed by atoms with E-state index in [1.807, 2.05) is 0 Å². The topological polar surface area (TPSA) is 67.2 Å². The molecule has 2 aromatic rings. The summed E-state index contributed by atoms with van der Waals surface area (Å²) in [7, 11) is 0. The molecule has 1 unspecified atom stereocenters. The molecule has 2 N–H and O–H groups in total. The number of nitrogens with one attached hydrogen (secondary N) is 1. The SMILES string of the molecule is O=C(CC(O)c1cccc(F)c1)Nc1ccn(CC(F)F)n1. The second-order valence-corrected chi connectivity index (χ2v) is 4.64. The van der Waals surface area contributed by atoms with Crippen LogP contribution >= 0.6 is 0 Å². The third-order valence-electron chi connectivity index (χ3n) is 2.85. The Hall–Kier alpha value is -2.35. The van der Waals surface area contributed by atoms with Gasteiger partial charge in [-0.05, 0) is 17.7 Å². The molecular weight excluding hydrogens is 299 g/mol. The van der Waals surface area contributed by atoms with Crippen molar-refractivity contribution in [1.82, 2.24) is 9.78 Å². The lowest BCUT2D eigenvalue weighted by molar-refractivity contribution is -0.118. The summed E-state index contributed by atoms with van der Waals surface area (Å²) in [5.74, 6) is -0.959. The maximum atomic E-state index is 13.0. The molecule has 1 heterocycles. The maximum Gasteiger partial charge on any atom is 0.257 e. The number of aromatic nitrogens is 2. The summed E-state index contributed by atoms with van der Waals surface area (Å²) in [5.41, 5.74) is 0.276. The van der Waals surface area contributed by atoms with Crippen molar-refractivity contribution in [2.24, 2.45) is 0 Å². The molecule has 1 aromatic carbocycles. The van der Waals surface area contributed by atoms with E-state index in [2.05, 4.69) is 10.4 Å². The van der Waals surface area contributed by atoms with Crippen molar-refractivity contribution in [3.05, 3.63) is 47.9 Å². The lowest BCUT2D eigenvalue weighted by Gasteiger charge is -2.10.